The van der Waals surface area contributed by atoms with Crippen LogP contribution in [0.4, 0.5) is 5.69 Å². The molecule has 7 nitrogen and oxygen atoms in total. The number of anilines is 1. The molecule has 0 saturated carbocycles. The molecule has 0 atom stereocenters. The highest BCUT2D eigenvalue weighted by Crippen LogP contribution is 2.26. The van der Waals surface area contributed by atoms with Gasteiger partial charge in [-0.1, -0.05) is 0 Å². The molecule has 1 amide bonds. The molecule has 0 spiro atoms. The Hall–Kier alpha value is -2.20. The second kappa shape index (κ2) is 12.4. The fourth-order valence-corrected chi connectivity index (χ4v) is 2.91. The standard InChI is InChI=1S/C20H23BrN2O5S/c1-25-9-11-27-16-6-4-15(5-7-16)22-20(29)23-19(24)14-3-8-18(17(21)13-14)28-12-10-26-2/h3-8,13H,9-12H2,1-2H3,(H2,22,23,24,29). The Morgan fingerprint density at radius 3 is 2.24 bits per heavy atom. The molecule has 0 radical (unpaired) electrons. The van der Waals surface area contributed by atoms with Gasteiger partial charge in [0.2, 0.25) is 0 Å². The van der Waals surface area contributed by atoms with E-state index < -0.39 is 0 Å². The van der Waals surface area contributed by atoms with Crippen molar-refractivity contribution in [3.8, 4) is 11.5 Å². The van der Waals surface area contributed by atoms with Crippen LogP contribution < -0.4 is 20.1 Å². The first kappa shape index (κ1) is 23.1. The number of carbonyl (C=O) groups is 1. The third-order valence-electron chi connectivity index (χ3n) is 3.63. The molecule has 0 fully saturated rings. The number of hydrogen-bond acceptors (Lipinski definition) is 6. The number of methoxy groups -OCH3 is 2. The summed E-state index contributed by atoms with van der Waals surface area (Å²) in [5.41, 5.74) is 1.18. The number of amides is 1. The lowest BCUT2D eigenvalue weighted by Crippen LogP contribution is -2.34. The Balaban J connectivity index is 1.86. The Kier molecular flexibility index (Phi) is 9.85. The van der Waals surface area contributed by atoms with Crippen molar-refractivity contribution in [2.45, 2.75) is 0 Å². The van der Waals surface area contributed by atoms with E-state index in [0.717, 1.165) is 11.4 Å². The molecular formula is C20H23BrN2O5S. The van der Waals surface area contributed by atoms with Crippen LogP contribution >= 0.6 is 28.1 Å². The molecule has 2 aromatic carbocycles. The van der Waals surface area contributed by atoms with E-state index in [1.807, 2.05) is 24.3 Å². The Morgan fingerprint density at radius 2 is 1.62 bits per heavy atom. The third-order valence-corrected chi connectivity index (χ3v) is 4.46. The van der Waals surface area contributed by atoms with E-state index in [1.54, 1.807) is 32.4 Å². The SMILES string of the molecule is COCCOc1ccc(NC(=S)NC(=O)c2ccc(OCCOC)c(Br)c2)cc1. The predicted octanol–water partition coefficient (Wildman–Crippen LogP) is 3.63. The lowest BCUT2D eigenvalue weighted by Gasteiger charge is -2.12. The Morgan fingerprint density at radius 1 is 0.966 bits per heavy atom. The molecule has 156 valence electrons. The maximum atomic E-state index is 12.4. The van der Waals surface area contributed by atoms with Gasteiger partial charge in [-0.15, -0.1) is 0 Å². The van der Waals surface area contributed by atoms with E-state index in [9.17, 15) is 4.79 Å². The Labute approximate surface area is 183 Å². The van der Waals surface area contributed by atoms with Crippen LogP contribution in [-0.2, 0) is 9.47 Å². The smallest absolute Gasteiger partial charge is 0.257 e. The predicted molar refractivity (Wildman–Crippen MR) is 119 cm³/mol. The molecule has 0 heterocycles. The zero-order valence-corrected chi connectivity index (χ0v) is 18.6. The summed E-state index contributed by atoms with van der Waals surface area (Å²) in [5.74, 6) is 1.03. The van der Waals surface area contributed by atoms with Gasteiger partial charge in [0.15, 0.2) is 5.11 Å². The highest BCUT2D eigenvalue weighted by Gasteiger charge is 2.11. The summed E-state index contributed by atoms with van der Waals surface area (Å²) in [6, 6.07) is 12.3. The summed E-state index contributed by atoms with van der Waals surface area (Å²) in [7, 11) is 3.23. The fraction of sp³-hybridized carbons (Fsp3) is 0.300. The molecule has 9 heteroatoms. The van der Waals surface area contributed by atoms with Crippen LogP contribution in [0, 0.1) is 0 Å². The minimum atomic E-state index is -0.328. The summed E-state index contributed by atoms with van der Waals surface area (Å²) in [5, 5.41) is 5.81. The number of hydrogen-bond donors (Lipinski definition) is 2. The van der Waals surface area contributed by atoms with Gasteiger partial charge < -0.3 is 24.3 Å². The number of rotatable bonds is 10. The highest BCUT2D eigenvalue weighted by molar-refractivity contribution is 9.10. The molecule has 2 rings (SSSR count). The zero-order valence-electron chi connectivity index (χ0n) is 16.2. The second-order valence-electron chi connectivity index (χ2n) is 5.76. The molecule has 0 bridgehead atoms. The second-order valence-corrected chi connectivity index (χ2v) is 7.02. The van der Waals surface area contributed by atoms with Gasteiger partial charge in [-0.25, -0.2) is 0 Å². The van der Waals surface area contributed by atoms with Crippen LogP contribution in [0.5, 0.6) is 11.5 Å². The number of nitrogens with one attached hydrogen (secondary N) is 2. The van der Waals surface area contributed by atoms with Crippen molar-refractivity contribution in [2.75, 3.05) is 46.0 Å². The minimum Gasteiger partial charge on any atom is -0.491 e. The average Bonchev–Trinajstić information content (AvgIpc) is 2.70. The van der Waals surface area contributed by atoms with Gasteiger partial charge in [0, 0.05) is 25.5 Å². The number of benzene rings is 2. The van der Waals surface area contributed by atoms with E-state index in [1.165, 1.54) is 0 Å². The van der Waals surface area contributed by atoms with Gasteiger partial charge in [-0.05, 0) is 70.6 Å². The molecular weight excluding hydrogens is 460 g/mol. The van der Waals surface area contributed by atoms with E-state index in [4.69, 9.17) is 31.2 Å². The van der Waals surface area contributed by atoms with Gasteiger partial charge >= 0.3 is 0 Å². The van der Waals surface area contributed by atoms with Gasteiger partial charge in [-0.2, -0.15) is 0 Å². The topological polar surface area (TPSA) is 78.1 Å². The van der Waals surface area contributed by atoms with Gasteiger partial charge in [0.25, 0.3) is 5.91 Å². The van der Waals surface area contributed by atoms with E-state index >= 15 is 0 Å². The molecule has 0 saturated heterocycles. The maximum Gasteiger partial charge on any atom is 0.257 e. The summed E-state index contributed by atoms with van der Waals surface area (Å²) < 4.78 is 21.6. The molecule has 0 unspecified atom stereocenters. The van der Waals surface area contributed by atoms with E-state index in [0.29, 0.717) is 42.2 Å². The molecule has 2 N–H and O–H groups in total. The van der Waals surface area contributed by atoms with Crippen LogP contribution in [-0.4, -0.2) is 51.7 Å². The van der Waals surface area contributed by atoms with Gasteiger partial charge in [-0.3, -0.25) is 10.1 Å². The zero-order chi connectivity index (χ0) is 21.1. The van der Waals surface area contributed by atoms with Crippen molar-refractivity contribution in [3.63, 3.8) is 0 Å². The van der Waals surface area contributed by atoms with Crippen LogP contribution in [0.2, 0.25) is 0 Å². The number of carbonyl (C=O) groups excluding carboxylic acids is 1. The quantitative estimate of drug-likeness (QED) is 0.395. The molecule has 0 aliphatic carbocycles. The van der Waals surface area contributed by atoms with Crippen LogP contribution in [0.25, 0.3) is 0 Å². The highest BCUT2D eigenvalue weighted by atomic mass is 79.9. The minimum absolute atomic E-state index is 0.194. The lowest BCUT2D eigenvalue weighted by molar-refractivity contribution is 0.0977. The summed E-state index contributed by atoms with van der Waals surface area (Å²) in [6.07, 6.45) is 0. The fourth-order valence-electron chi connectivity index (χ4n) is 2.21. The van der Waals surface area contributed by atoms with Crippen molar-refractivity contribution in [1.29, 1.82) is 0 Å². The normalized spacial score (nSPS) is 10.3. The summed E-state index contributed by atoms with van der Waals surface area (Å²) in [4.78, 5) is 12.4. The van der Waals surface area contributed by atoms with Crippen LogP contribution in [0.3, 0.4) is 0 Å². The number of thiocarbonyl (C=S) groups is 1. The van der Waals surface area contributed by atoms with Crippen molar-refractivity contribution in [3.05, 3.63) is 52.5 Å². The van der Waals surface area contributed by atoms with Crippen LogP contribution in [0.15, 0.2) is 46.9 Å². The molecule has 0 aliphatic heterocycles. The third kappa shape index (κ3) is 7.98. The summed E-state index contributed by atoms with van der Waals surface area (Å²) in [6.45, 7) is 1.90. The first-order valence-electron chi connectivity index (χ1n) is 8.79. The van der Waals surface area contributed by atoms with E-state index in [2.05, 4.69) is 26.6 Å². The van der Waals surface area contributed by atoms with Crippen LogP contribution in [0.1, 0.15) is 10.4 Å². The first-order chi connectivity index (χ1) is 14.0. The number of ether oxygens (including phenoxy) is 4. The van der Waals surface area contributed by atoms with Gasteiger partial charge in [0.05, 0.1) is 17.7 Å². The lowest BCUT2D eigenvalue weighted by atomic mass is 10.2. The molecule has 0 aliphatic rings. The monoisotopic (exact) mass is 482 g/mol. The van der Waals surface area contributed by atoms with Crippen molar-refractivity contribution in [2.24, 2.45) is 0 Å². The van der Waals surface area contributed by atoms with Gasteiger partial charge in [0.1, 0.15) is 24.7 Å². The summed E-state index contributed by atoms with van der Waals surface area (Å²) >= 11 is 8.62. The largest absolute Gasteiger partial charge is 0.491 e. The maximum absolute atomic E-state index is 12.4. The Bertz CT molecular complexity index is 817. The van der Waals surface area contributed by atoms with E-state index in [-0.39, 0.29) is 11.0 Å². The molecule has 2 aromatic rings. The van der Waals surface area contributed by atoms with Crippen molar-refractivity contribution in [1.82, 2.24) is 5.32 Å². The van der Waals surface area contributed by atoms with Crippen molar-refractivity contribution < 1.29 is 23.7 Å². The van der Waals surface area contributed by atoms with Crippen molar-refractivity contribution >= 4 is 44.9 Å². The number of halogens is 1. The first-order valence-corrected chi connectivity index (χ1v) is 9.99. The molecule has 0 aromatic heterocycles. The average molecular weight is 483 g/mol. The molecule has 29 heavy (non-hydrogen) atoms.